The molecule has 0 aliphatic carbocycles. The van der Waals surface area contributed by atoms with Crippen LogP contribution in [0.5, 0.6) is 0 Å². The third-order valence-corrected chi connectivity index (χ3v) is 2.99. The molecule has 0 aliphatic heterocycles. The molecule has 0 saturated heterocycles. The fourth-order valence-corrected chi connectivity index (χ4v) is 1.75. The summed E-state index contributed by atoms with van der Waals surface area (Å²) in [6, 6.07) is 1.53. The van der Waals surface area contributed by atoms with Gasteiger partial charge in [0.15, 0.2) is 0 Å². The lowest BCUT2D eigenvalue weighted by molar-refractivity contribution is -0.124. The summed E-state index contributed by atoms with van der Waals surface area (Å²) in [5.41, 5.74) is 6.75. The van der Waals surface area contributed by atoms with Gasteiger partial charge in [0.2, 0.25) is 5.91 Å². The van der Waals surface area contributed by atoms with Crippen molar-refractivity contribution in [1.29, 1.82) is 0 Å². The minimum atomic E-state index is -0.462. The number of carbonyl (C=O) groups excluding carboxylic acids is 1. The molecule has 0 saturated carbocycles. The molecular formula is C11H18N2OS. The van der Waals surface area contributed by atoms with Crippen molar-refractivity contribution in [2.45, 2.75) is 33.4 Å². The third kappa shape index (κ3) is 3.64. The van der Waals surface area contributed by atoms with Crippen LogP contribution in [0.1, 0.15) is 26.3 Å². The van der Waals surface area contributed by atoms with Crippen molar-refractivity contribution >= 4 is 17.2 Å². The summed E-state index contributed by atoms with van der Waals surface area (Å²) >= 11 is 1.62. The van der Waals surface area contributed by atoms with Gasteiger partial charge in [-0.1, -0.05) is 20.8 Å². The molecule has 1 amide bonds. The molecule has 3 N–H and O–H groups in total. The smallest absolute Gasteiger partial charge is 0.237 e. The van der Waals surface area contributed by atoms with Crippen LogP contribution < -0.4 is 11.1 Å². The molecule has 15 heavy (non-hydrogen) atoms. The highest BCUT2D eigenvalue weighted by Gasteiger charge is 2.26. The van der Waals surface area contributed by atoms with Gasteiger partial charge in [0.1, 0.15) is 0 Å². The molecule has 1 rings (SSSR count). The van der Waals surface area contributed by atoms with Crippen molar-refractivity contribution in [2.75, 3.05) is 0 Å². The number of amides is 1. The van der Waals surface area contributed by atoms with Gasteiger partial charge in [-0.2, -0.15) is 11.3 Å². The highest BCUT2D eigenvalue weighted by molar-refractivity contribution is 7.07. The quantitative estimate of drug-likeness (QED) is 0.825. The van der Waals surface area contributed by atoms with E-state index >= 15 is 0 Å². The molecule has 84 valence electrons. The first-order valence-electron chi connectivity index (χ1n) is 4.95. The SMILES string of the molecule is CC(C)(C)C(N)C(=O)NCc1ccsc1. The standard InChI is InChI=1S/C11H18N2OS/c1-11(2,3)9(12)10(14)13-6-8-4-5-15-7-8/h4-5,7,9H,6,12H2,1-3H3,(H,13,14). The molecular weight excluding hydrogens is 208 g/mol. The fourth-order valence-electron chi connectivity index (χ4n) is 1.09. The summed E-state index contributed by atoms with van der Waals surface area (Å²) in [5, 5.41) is 6.84. The van der Waals surface area contributed by atoms with Crippen LogP contribution in [-0.4, -0.2) is 11.9 Å². The van der Waals surface area contributed by atoms with Gasteiger partial charge >= 0.3 is 0 Å². The Kier molecular flexibility index (Phi) is 3.88. The van der Waals surface area contributed by atoms with Crippen LogP contribution in [0.4, 0.5) is 0 Å². The Morgan fingerprint density at radius 2 is 2.27 bits per heavy atom. The average Bonchev–Trinajstić information content (AvgIpc) is 2.63. The van der Waals surface area contributed by atoms with Crippen molar-refractivity contribution in [3.8, 4) is 0 Å². The first-order chi connectivity index (χ1) is 6.91. The van der Waals surface area contributed by atoms with Crippen LogP contribution in [0, 0.1) is 5.41 Å². The molecule has 0 spiro atoms. The predicted molar refractivity (Wildman–Crippen MR) is 63.6 cm³/mol. The normalized spacial score (nSPS) is 13.6. The predicted octanol–water partition coefficient (Wildman–Crippen LogP) is 1.74. The number of nitrogens with two attached hydrogens (primary N) is 1. The summed E-state index contributed by atoms with van der Waals surface area (Å²) in [6.07, 6.45) is 0. The molecule has 0 bridgehead atoms. The van der Waals surface area contributed by atoms with Gasteiger partial charge in [-0.15, -0.1) is 0 Å². The van der Waals surface area contributed by atoms with Gasteiger partial charge in [0.05, 0.1) is 6.04 Å². The number of rotatable bonds is 3. The van der Waals surface area contributed by atoms with Crippen molar-refractivity contribution < 1.29 is 4.79 Å². The lowest BCUT2D eigenvalue weighted by Gasteiger charge is -2.25. The van der Waals surface area contributed by atoms with Gasteiger partial charge in [-0.25, -0.2) is 0 Å². The van der Waals surface area contributed by atoms with E-state index in [0.29, 0.717) is 6.54 Å². The Balaban J connectivity index is 2.43. The van der Waals surface area contributed by atoms with E-state index in [4.69, 9.17) is 5.73 Å². The first kappa shape index (κ1) is 12.2. The molecule has 4 heteroatoms. The minimum Gasteiger partial charge on any atom is -0.351 e. The van der Waals surface area contributed by atoms with Crippen molar-refractivity contribution in [3.05, 3.63) is 22.4 Å². The largest absolute Gasteiger partial charge is 0.351 e. The lowest BCUT2D eigenvalue weighted by Crippen LogP contribution is -2.48. The second-order valence-electron chi connectivity index (χ2n) is 4.69. The Hall–Kier alpha value is -0.870. The summed E-state index contributed by atoms with van der Waals surface area (Å²) in [7, 11) is 0. The van der Waals surface area contributed by atoms with E-state index in [1.165, 1.54) is 0 Å². The van der Waals surface area contributed by atoms with Crippen LogP contribution in [-0.2, 0) is 11.3 Å². The topological polar surface area (TPSA) is 55.1 Å². The van der Waals surface area contributed by atoms with E-state index in [1.807, 2.05) is 37.6 Å². The van der Waals surface area contributed by atoms with E-state index in [0.717, 1.165) is 5.56 Å². The van der Waals surface area contributed by atoms with E-state index < -0.39 is 6.04 Å². The third-order valence-electron chi connectivity index (χ3n) is 2.26. The Morgan fingerprint density at radius 1 is 1.60 bits per heavy atom. The molecule has 1 aromatic rings. The van der Waals surface area contributed by atoms with Gasteiger partial charge < -0.3 is 11.1 Å². The lowest BCUT2D eigenvalue weighted by atomic mass is 9.87. The van der Waals surface area contributed by atoms with Crippen LogP contribution in [0.2, 0.25) is 0 Å². The maximum atomic E-state index is 11.7. The van der Waals surface area contributed by atoms with Gasteiger partial charge in [-0.05, 0) is 27.8 Å². The summed E-state index contributed by atoms with van der Waals surface area (Å²) in [4.78, 5) is 11.7. The Morgan fingerprint density at radius 3 is 2.73 bits per heavy atom. The first-order valence-corrected chi connectivity index (χ1v) is 5.90. The van der Waals surface area contributed by atoms with Crippen molar-refractivity contribution in [1.82, 2.24) is 5.32 Å². The highest BCUT2D eigenvalue weighted by Crippen LogP contribution is 2.17. The van der Waals surface area contributed by atoms with E-state index in [9.17, 15) is 4.79 Å². The molecule has 0 aromatic carbocycles. The van der Waals surface area contributed by atoms with Crippen LogP contribution in [0.25, 0.3) is 0 Å². The van der Waals surface area contributed by atoms with E-state index in [1.54, 1.807) is 11.3 Å². The number of thiophene rings is 1. The number of carbonyl (C=O) groups is 1. The second kappa shape index (κ2) is 4.77. The summed E-state index contributed by atoms with van der Waals surface area (Å²) in [6.45, 7) is 6.44. The molecule has 0 aliphatic rings. The van der Waals surface area contributed by atoms with E-state index in [-0.39, 0.29) is 11.3 Å². The van der Waals surface area contributed by atoms with Gasteiger partial charge in [0.25, 0.3) is 0 Å². The summed E-state index contributed by atoms with van der Waals surface area (Å²) in [5.74, 6) is -0.0892. The number of hydrogen-bond donors (Lipinski definition) is 2. The molecule has 1 unspecified atom stereocenters. The van der Waals surface area contributed by atoms with Gasteiger partial charge in [0, 0.05) is 6.54 Å². The van der Waals surface area contributed by atoms with Crippen molar-refractivity contribution in [3.63, 3.8) is 0 Å². The Labute approximate surface area is 94.7 Å². The van der Waals surface area contributed by atoms with Gasteiger partial charge in [-0.3, -0.25) is 4.79 Å². The molecule has 1 heterocycles. The molecule has 0 fully saturated rings. The number of hydrogen-bond acceptors (Lipinski definition) is 3. The number of nitrogens with one attached hydrogen (secondary N) is 1. The fraction of sp³-hybridized carbons (Fsp3) is 0.545. The zero-order valence-corrected chi connectivity index (χ0v) is 10.2. The molecule has 1 aromatic heterocycles. The summed E-state index contributed by atoms with van der Waals surface area (Å²) < 4.78 is 0. The monoisotopic (exact) mass is 226 g/mol. The van der Waals surface area contributed by atoms with Crippen molar-refractivity contribution in [2.24, 2.45) is 11.1 Å². The maximum Gasteiger partial charge on any atom is 0.237 e. The van der Waals surface area contributed by atoms with Crippen LogP contribution in [0.3, 0.4) is 0 Å². The zero-order chi connectivity index (χ0) is 11.5. The highest BCUT2D eigenvalue weighted by atomic mass is 32.1. The molecule has 1 atom stereocenters. The molecule has 0 radical (unpaired) electrons. The van der Waals surface area contributed by atoms with E-state index in [2.05, 4.69) is 5.32 Å². The minimum absolute atomic E-state index is 0.0892. The Bertz CT molecular complexity index is 314. The molecule has 3 nitrogen and oxygen atoms in total. The van der Waals surface area contributed by atoms with Crippen LogP contribution >= 0.6 is 11.3 Å². The average molecular weight is 226 g/mol. The van der Waals surface area contributed by atoms with Crippen LogP contribution in [0.15, 0.2) is 16.8 Å². The zero-order valence-electron chi connectivity index (χ0n) is 9.41. The second-order valence-corrected chi connectivity index (χ2v) is 5.47. The maximum absolute atomic E-state index is 11.7.